The van der Waals surface area contributed by atoms with Gasteiger partial charge < -0.3 is 9.88 Å². The zero-order chi connectivity index (χ0) is 17.1. The molecule has 122 valence electrons. The van der Waals surface area contributed by atoms with E-state index < -0.39 is 5.91 Å². The van der Waals surface area contributed by atoms with Crippen molar-refractivity contribution in [1.29, 1.82) is 0 Å². The Labute approximate surface area is 143 Å². The molecule has 0 bridgehead atoms. The van der Waals surface area contributed by atoms with Crippen LogP contribution in [0.5, 0.6) is 0 Å². The van der Waals surface area contributed by atoms with Crippen LogP contribution >= 0.6 is 23.2 Å². The Bertz CT molecular complexity index is 741. The van der Waals surface area contributed by atoms with Gasteiger partial charge in [-0.25, -0.2) is 5.48 Å². The van der Waals surface area contributed by atoms with Crippen LogP contribution in [-0.4, -0.2) is 21.6 Å². The van der Waals surface area contributed by atoms with Crippen LogP contribution in [0, 0.1) is 0 Å². The number of amides is 2. The molecule has 0 fully saturated rings. The summed E-state index contributed by atoms with van der Waals surface area (Å²) in [6, 6.07) is 7.71. The Balaban J connectivity index is 2.12. The van der Waals surface area contributed by atoms with Crippen LogP contribution < -0.4 is 10.8 Å². The van der Waals surface area contributed by atoms with Crippen LogP contribution in [0.25, 0.3) is 0 Å². The Morgan fingerprint density at radius 2 is 1.78 bits per heavy atom. The van der Waals surface area contributed by atoms with Crippen LogP contribution in [0.4, 0.5) is 0 Å². The van der Waals surface area contributed by atoms with E-state index in [1.807, 2.05) is 6.92 Å². The average molecular weight is 356 g/mol. The summed E-state index contributed by atoms with van der Waals surface area (Å²) in [6.45, 7) is 1.81. The molecule has 6 nitrogen and oxygen atoms in total. The largest absolute Gasteiger partial charge is 0.344 e. The SMILES string of the molecule is C[C@@H](NC(=O)c1cc(Cl)c(Cl)n1C)c1ccc(C(=O)NO)cc1. The highest BCUT2D eigenvalue weighted by atomic mass is 35.5. The summed E-state index contributed by atoms with van der Waals surface area (Å²) in [7, 11) is 1.65. The molecule has 0 saturated carbocycles. The van der Waals surface area contributed by atoms with Crippen molar-refractivity contribution >= 4 is 35.0 Å². The van der Waals surface area contributed by atoms with Crippen molar-refractivity contribution in [2.75, 3.05) is 0 Å². The monoisotopic (exact) mass is 355 g/mol. The van der Waals surface area contributed by atoms with Gasteiger partial charge in [0.2, 0.25) is 0 Å². The second-order valence-corrected chi connectivity index (χ2v) is 5.75. The molecule has 1 atom stereocenters. The van der Waals surface area contributed by atoms with Crippen molar-refractivity contribution in [2.45, 2.75) is 13.0 Å². The van der Waals surface area contributed by atoms with Gasteiger partial charge in [0.25, 0.3) is 11.8 Å². The van der Waals surface area contributed by atoms with E-state index in [-0.39, 0.29) is 11.9 Å². The third kappa shape index (κ3) is 3.67. The molecule has 0 aliphatic rings. The molecule has 0 aliphatic carbocycles. The molecule has 23 heavy (non-hydrogen) atoms. The van der Waals surface area contributed by atoms with Gasteiger partial charge in [0.1, 0.15) is 10.8 Å². The second kappa shape index (κ2) is 7.04. The number of hydroxylamine groups is 1. The molecule has 2 aromatic rings. The first kappa shape index (κ1) is 17.3. The average Bonchev–Trinajstić information content (AvgIpc) is 2.81. The maximum absolute atomic E-state index is 12.3. The van der Waals surface area contributed by atoms with Gasteiger partial charge >= 0.3 is 0 Å². The molecule has 0 saturated heterocycles. The van der Waals surface area contributed by atoms with E-state index in [1.54, 1.807) is 36.8 Å². The lowest BCUT2D eigenvalue weighted by Gasteiger charge is -2.15. The lowest BCUT2D eigenvalue weighted by molar-refractivity contribution is 0.0706. The highest BCUT2D eigenvalue weighted by Crippen LogP contribution is 2.25. The summed E-state index contributed by atoms with van der Waals surface area (Å²) in [5.74, 6) is -0.910. The number of nitrogens with zero attached hydrogens (tertiary/aromatic N) is 1. The van der Waals surface area contributed by atoms with Crippen LogP contribution in [0.3, 0.4) is 0 Å². The summed E-state index contributed by atoms with van der Waals surface area (Å²) >= 11 is 11.9. The molecule has 0 aliphatic heterocycles. The van der Waals surface area contributed by atoms with Gasteiger partial charge in [-0.2, -0.15) is 0 Å². The lowest BCUT2D eigenvalue weighted by atomic mass is 10.1. The van der Waals surface area contributed by atoms with Crippen molar-refractivity contribution in [2.24, 2.45) is 7.05 Å². The van der Waals surface area contributed by atoms with Gasteiger partial charge in [0.05, 0.1) is 11.1 Å². The van der Waals surface area contributed by atoms with E-state index >= 15 is 0 Å². The highest BCUT2D eigenvalue weighted by molar-refractivity contribution is 6.41. The number of benzene rings is 1. The van der Waals surface area contributed by atoms with Crippen LogP contribution in [-0.2, 0) is 7.05 Å². The normalized spacial score (nSPS) is 11.9. The van der Waals surface area contributed by atoms with E-state index in [0.29, 0.717) is 21.4 Å². The van der Waals surface area contributed by atoms with Gasteiger partial charge in [-0.3, -0.25) is 14.8 Å². The molecule has 1 heterocycles. The lowest BCUT2D eigenvalue weighted by Crippen LogP contribution is -2.28. The number of carbonyl (C=O) groups is 2. The van der Waals surface area contributed by atoms with Crippen LogP contribution in [0.1, 0.15) is 39.4 Å². The van der Waals surface area contributed by atoms with Crippen molar-refractivity contribution < 1.29 is 14.8 Å². The maximum Gasteiger partial charge on any atom is 0.274 e. The summed E-state index contributed by atoms with van der Waals surface area (Å²) in [4.78, 5) is 23.6. The molecule has 3 N–H and O–H groups in total. The molecule has 2 amide bonds. The topological polar surface area (TPSA) is 83.4 Å². The van der Waals surface area contributed by atoms with Gasteiger partial charge in [-0.05, 0) is 30.7 Å². The minimum absolute atomic E-state index is 0.291. The Morgan fingerprint density at radius 1 is 1.17 bits per heavy atom. The van der Waals surface area contributed by atoms with E-state index in [9.17, 15) is 9.59 Å². The van der Waals surface area contributed by atoms with Crippen molar-refractivity contribution in [3.8, 4) is 0 Å². The molecular weight excluding hydrogens is 341 g/mol. The Kier molecular flexibility index (Phi) is 5.30. The first-order chi connectivity index (χ1) is 10.8. The minimum atomic E-state index is -0.596. The van der Waals surface area contributed by atoms with E-state index in [0.717, 1.165) is 5.56 Å². The summed E-state index contributed by atoms with van der Waals surface area (Å²) < 4.78 is 1.50. The van der Waals surface area contributed by atoms with Gasteiger partial charge in [-0.15, -0.1) is 0 Å². The first-order valence-corrected chi connectivity index (χ1v) is 7.46. The predicted molar refractivity (Wildman–Crippen MR) is 87.0 cm³/mol. The van der Waals surface area contributed by atoms with E-state index in [4.69, 9.17) is 28.4 Å². The number of hydrogen-bond acceptors (Lipinski definition) is 3. The molecule has 1 aromatic heterocycles. The third-order valence-corrected chi connectivity index (χ3v) is 4.31. The van der Waals surface area contributed by atoms with Gasteiger partial charge in [0.15, 0.2) is 0 Å². The highest BCUT2D eigenvalue weighted by Gasteiger charge is 2.18. The van der Waals surface area contributed by atoms with Gasteiger partial charge in [-0.1, -0.05) is 35.3 Å². The maximum atomic E-state index is 12.3. The third-order valence-electron chi connectivity index (χ3n) is 3.47. The fourth-order valence-electron chi connectivity index (χ4n) is 2.10. The summed E-state index contributed by atoms with van der Waals surface area (Å²) in [5.41, 5.74) is 3.03. The molecule has 0 spiro atoms. The fourth-order valence-corrected chi connectivity index (χ4v) is 2.48. The van der Waals surface area contributed by atoms with E-state index in [2.05, 4.69) is 5.32 Å². The molecule has 1 aromatic carbocycles. The van der Waals surface area contributed by atoms with E-state index in [1.165, 1.54) is 10.6 Å². The summed E-state index contributed by atoms with van der Waals surface area (Å²) in [6.07, 6.45) is 0. The smallest absolute Gasteiger partial charge is 0.274 e. The van der Waals surface area contributed by atoms with Crippen molar-refractivity contribution in [3.63, 3.8) is 0 Å². The number of hydrogen-bond donors (Lipinski definition) is 3. The number of carbonyl (C=O) groups excluding carboxylic acids is 2. The predicted octanol–water partition coefficient (Wildman–Crippen LogP) is 2.94. The van der Waals surface area contributed by atoms with Crippen LogP contribution in [0.2, 0.25) is 10.2 Å². The fraction of sp³-hybridized carbons (Fsp3) is 0.200. The second-order valence-electron chi connectivity index (χ2n) is 4.99. The summed E-state index contributed by atoms with van der Waals surface area (Å²) in [5, 5.41) is 12.0. The molecule has 2 rings (SSSR count). The number of aromatic nitrogens is 1. The van der Waals surface area contributed by atoms with Crippen LogP contribution in [0.15, 0.2) is 30.3 Å². The zero-order valence-corrected chi connectivity index (χ0v) is 13.9. The molecule has 8 heteroatoms. The minimum Gasteiger partial charge on any atom is -0.344 e. The van der Waals surface area contributed by atoms with Crippen molar-refractivity contribution in [3.05, 3.63) is 57.3 Å². The number of rotatable bonds is 4. The van der Waals surface area contributed by atoms with Crippen molar-refractivity contribution in [1.82, 2.24) is 15.4 Å². The molecular formula is C15H15Cl2N3O3. The van der Waals surface area contributed by atoms with Gasteiger partial charge in [0, 0.05) is 12.6 Å². The quantitative estimate of drug-likeness (QED) is 0.582. The number of nitrogens with one attached hydrogen (secondary N) is 2. The first-order valence-electron chi connectivity index (χ1n) is 6.71. The standard InChI is InChI=1S/C15H15Cl2N3O3/c1-8(9-3-5-10(6-4-9)14(21)19-23)18-15(22)12-7-11(16)13(17)20(12)2/h3-8,23H,1-2H3,(H,18,22)(H,19,21)/t8-/m1/s1. The molecule has 0 unspecified atom stereocenters. The number of halogens is 2. The Hall–Kier alpha value is -2.02. The molecule has 0 radical (unpaired) electrons. The Morgan fingerprint density at radius 3 is 2.26 bits per heavy atom. The zero-order valence-electron chi connectivity index (χ0n) is 12.4.